The van der Waals surface area contributed by atoms with Crippen molar-refractivity contribution in [2.24, 2.45) is 5.92 Å². The first kappa shape index (κ1) is 22.7. The van der Waals surface area contributed by atoms with Crippen molar-refractivity contribution < 1.29 is 19.5 Å². The quantitative estimate of drug-likeness (QED) is 0.568. The van der Waals surface area contributed by atoms with Gasteiger partial charge >= 0.3 is 5.97 Å². The van der Waals surface area contributed by atoms with Crippen LogP contribution in [0.15, 0.2) is 36.4 Å². The summed E-state index contributed by atoms with van der Waals surface area (Å²) in [6.45, 7) is 2.03. The summed E-state index contributed by atoms with van der Waals surface area (Å²) in [4.78, 5) is 41.5. The van der Waals surface area contributed by atoms with Gasteiger partial charge in [0.25, 0.3) is 5.91 Å². The molecule has 2 amide bonds. The number of fused-ring (bicyclic) bond motifs is 1. The third kappa shape index (κ3) is 6.26. The van der Waals surface area contributed by atoms with Gasteiger partial charge in [-0.2, -0.15) is 0 Å². The maximum Gasteiger partial charge on any atom is 0.303 e. The molecule has 0 aliphatic heterocycles. The van der Waals surface area contributed by atoms with E-state index < -0.39 is 12.0 Å². The second-order valence-electron chi connectivity index (χ2n) is 8.31. The number of aromatic nitrogens is 1. The van der Waals surface area contributed by atoms with Crippen LogP contribution in [-0.4, -0.2) is 40.0 Å². The molecule has 1 aromatic heterocycles. The van der Waals surface area contributed by atoms with Gasteiger partial charge in [0.15, 0.2) is 0 Å². The van der Waals surface area contributed by atoms with Crippen LogP contribution >= 0.6 is 0 Å². The van der Waals surface area contributed by atoms with Crippen LogP contribution in [0.4, 0.5) is 0 Å². The van der Waals surface area contributed by atoms with Crippen molar-refractivity contribution in [3.05, 3.63) is 42.1 Å². The molecule has 0 bridgehead atoms. The van der Waals surface area contributed by atoms with E-state index in [1.807, 2.05) is 37.3 Å². The minimum atomic E-state index is -0.843. The fourth-order valence-corrected chi connectivity index (χ4v) is 4.25. The molecule has 1 aromatic carbocycles. The monoisotopic (exact) mass is 425 g/mol. The number of carbonyl (C=O) groups excluding carboxylic acids is 2. The van der Waals surface area contributed by atoms with E-state index in [0.717, 1.165) is 49.4 Å². The van der Waals surface area contributed by atoms with Crippen molar-refractivity contribution in [1.82, 2.24) is 15.6 Å². The Kier molecular flexibility index (Phi) is 7.98. The van der Waals surface area contributed by atoms with E-state index >= 15 is 0 Å². The summed E-state index contributed by atoms with van der Waals surface area (Å²) >= 11 is 0. The number of carbonyl (C=O) groups is 3. The van der Waals surface area contributed by atoms with E-state index in [4.69, 9.17) is 0 Å². The highest BCUT2D eigenvalue weighted by Gasteiger charge is 2.31. The van der Waals surface area contributed by atoms with Crippen molar-refractivity contribution in [3.8, 4) is 0 Å². The number of unbranched alkanes of at least 4 members (excludes halogenated alkanes) is 1. The molecular weight excluding hydrogens is 394 g/mol. The van der Waals surface area contributed by atoms with Crippen molar-refractivity contribution >= 4 is 28.7 Å². The summed E-state index contributed by atoms with van der Waals surface area (Å²) in [6.07, 6.45) is 5.79. The molecule has 31 heavy (non-hydrogen) atoms. The normalized spacial score (nSPS) is 19.5. The minimum absolute atomic E-state index is 0.0535. The number of carboxylic acids is 1. The van der Waals surface area contributed by atoms with Gasteiger partial charge in [-0.25, -0.2) is 4.98 Å². The molecule has 1 heterocycles. The largest absolute Gasteiger partial charge is 0.481 e. The summed E-state index contributed by atoms with van der Waals surface area (Å²) in [5.74, 6) is -1.54. The molecule has 2 unspecified atom stereocenters. The molecule has 2 aromatic rings. The second kappa shape index (κ2) is 10.9. The maximum atomic E-state index is 13.0. The number of para-hydroxylation sites is 1. The Morgan fingerprint density at radius 2 is 1.90 bits per heavy atom. The number of nitrogens with zero attached hydrogens (tertiary/aromatic N) is 1. The van der Waals surface area contributed by atoms with Gasteiger partial charge < -0.3 is 15.7 Å². The van der Waals surface area contributed by atoms with E-state index in [1.165, 1.54) is 0 Å². The van der Waals surface area contributed by atoms with Gasteiger partial charge in [0.05, 0.1) is 11.9 Å². The van der Waals surface area contributed by atoms with Crippen molar-refractivity contribution in [3.63, 3.8) is 0 Å². The van der Waals surface area contributed by atoms with Gasteiger partial charge in [-0.1, -0.05) is 56.9 Å². The number of pyridine rings is 1. The predicted molar refractivity (Wildman–Crippen MR) is 119 cm³/mol. The highest BCUT2D eigenvalue weighted by Crippen LogP contribution is 2.27. The van der Waals surface area contributed by atoms with Crippen LogP contribution in [0.3, 0.4) is 0 Å². The van der Waals surface area contributed by atoms with E-state index in [1.54, 1.807) is 6.07 Å². The predicted octanol–water partition coefficient (Wildman–Crippen LogP) is 3.67. The van der Waals surface area contributed by atoms with Gasteiger partial charge in [0.1, 0.15) is 11.7 Å². The second-order valence-corrected chi connectivity index (χ2v) is 8.31. The Morgan fingerprint density at radius 3 is 2.68 bits per heavy atom. The van der Waals surface area contributed by atoms with Crippen molar-refractivity contribution in [2.75, 3.05) is 0 Å². The number of amides is 2. The molecule has 0 spiro atoms. The maximum absolute atomic E-state index is 13.0. The standard InChI is InChI=1S/C24H31N3O4/c1-2-3-10-20(23(30)26-19-12-7-5-9-17(19)15-22(28)29)27-24(31)21-14-13-16-8-4-6-11-18(16)25-21/h4,6,8,11,13-14,17,19-20H,2-3,5,7,9-10,12,15H2,1H3,(H,26,30)(H,27,31)(H,28,29)/t17?,19?,20-/m0/s1. The summed E-state index contributed by atoms with van der Waals surface area (Å²) in [7, 11) is 0. The lowest BCUT2D eigenvalue weighted by atomic mass is 9.82. The van der Waals surface area contributed by atoms with E-state index in [0.29, 0.717) is 6.42 Å². The highest BCUT2D eigenvalue weighted by molar-refractivity contribution is 5.97. The lowest BCUT2D eigenvalue weighted by molar-refractivity contribution is -0.139. The van der Waals surface area contributed by atoms with Crippen LogP contribution < -0.4 is 10.6 Å². The summed E-state index contributed by atoms with van der Waals surface area (Å²) in [5, 5.41) is 16.0. The Bertz CT molecular complexity index is 930. The molecule has 7 nitrogen and oxygen atoms in total. The first-order valence-electron chi connectivity index (χ1n) is 11.2. The Hall–Kier alpha value is -2.96. The number of hydrogen-bond acceptors (Lipinski definition) is 4. The van der Waals surface area contributed by atoms with Crippen molar-refractivity contribution in [2.45, 2.75) is 70.4 Å². The Morgan fingerprint density at radius 1 is 1.13 bits per heavy atom. The Balaban J connectivity index is 1.69. The summed E-state index contributed by atoms with van der Waals surface area (Å²) in [6, 6.07) is 10.2. The molecule has 1 fully saturated rings. The zero-order valence-corrected chi connectivity index (χ0v) is 18.0. The van der Waals surface area contributed by atoms with Gasteiger partial charge in [0, 0.05) is 11.4 Å². The molecule has 3 atom stereocenters. The molecule has 7 heteroatoms. The van der Waals surface area contributed by atoms with Gasteiger partial charge in [-0.15, -0.1) is 0 Å². The topological polar surface area (TPSA) is 108 Å². The van der Waals surface area contributed by atoms with E-state index in [9.17, 15) is 19.5 Å². The molecular formula is C24H31N3O4. The number of hydrogen-bond donors (Lipinski definition) is 3. The molecule has 1 aliphatic carbocycles. The number of rotatable bonds is 9. The van der Waals surface area contributed by atoms with Crippen LogP contribution in [0.2, 0.25) is 0 Å². The SMILES string of the molecule is CCCC[C@H](NC(=O)c1ccc2ccccc2n1)C(=O)NC1CCCCC1CC(=O)O. The fourth-order valence-electron chi connectivity index (χ4n) is 4.25. The summed E-state index contributed by atoms with van der Waals surface area (Å²) in [5.41, 5.74) is 0.998. The van der Waals surface area contributed by atoms with Gasteiger partial charge in [-0.05, 0) is 37.3 Å². The number of nitrogens with one attached hydrogen (secondary N) is 2. The molecule has 3 N–H and O–H groups in total. The summed E-state index contributed by atoms with van der Waals surface area (Å²) < 4.78 is 0. The first-order chi connectivity index (χ1) is 15.0. The van der Waals surface area contributed by atoms with E-state index in [-0.39, 0.29) is 35.9 Å². The molecule has 3 rings (SSSR count). The van der Waals surface area contributed by atoms with E-state index in [2.05, 4.69) is 15.6 Å². The van der Waals surface area contributed by atoms with Crippen LogP contribution in [0.1, 0.15) is 68.8 Å². The van der Waals surface area contributed by atoms with Crippen LogP contribution in [0.5, 0.6) is 0 Å². The minimum Gasteiger partial charge on any atom is -0.481 e. The Labute approximate surface area is 182 Å². The molecule has 1 saturated carbocycles. The van der Waals surface area contributed by atoms with Gasteiger partial charge in [0.2, 0.25) is 5.91 Å². The first-order valence-corrected chi connectivity index (χ1v) is 11.2. The molecule has 0 saturated heterocycles. The fraction of sp³-hybridized carbons (Fsp3) is 0.500. The lowest BCUT2D eigenvalue weighted by Crippen LogP contribution is -2.52. The zero-order valence-electron chi connectivity index (χ0n) is 18.0. The van der Waals surface area contributed by atoms with Crippen LogP contribution in [-0.2, 0) is 9.59 Å². The highest BCUT2D eigenvalue weighted by atomic mass is 16.4. The third-order valence-corrected chi connectivity index (χ3v) is 5.97. The average molecular weight is 426 g/mol. The third-order valence-electron chi connectivity index (χ3n) is 5.97. The van der Waals surface area contributed by atoms with Crippen LogP contribution in [0.25, 0.3) is 10.9 Å². The zero-order chi connectivity index (χ0) is 22.2. The van der Waals surface area contributed by atoms with Crippen molar-refractivity contribution in [1.29, 1.82) is 0 Å². The molecule has 0 radical (unpaired) electrons. The lowest BCUT2D eigenvalue weighted by Gasteiger charge is -2.32. The smallest absolute Gasteiger partial charge is 0.303 e. The number of aliphatic carboxylic acids is 1. The van der Waals surface area contributed by atoms with Gasteiger partial charge in [-0.3, -0.25) is 14.4 Å². The number of benzene rings is 1. The van der Waals surface area contributed by atoms with Crippen LogP contribution in [0, 0.1) is 5.92 Å². The average Bonchev–Trinajstić information content (AvgIpc) is 2.77. The molecule has 1 aliphatic rings. The molecule has 166 valence electrons. The number of carboxylic acid groups (broad SMARTS) is 1.